The van der Waals surface area contributed by atoms with Crippen LogP contribution in [0.4, 0.5) is 11.4 Å². The minimum atomic E-state index is -0.301. The van der Waals surface area contributed by atoms with E-state index in [9.17, 15) is 4.79 Å². The van der Waals surface area contributed by atoms with Crippen LogP contribution >= 0.6 is 0 Å². The Balaban J connectivity index is 2.06. The van der Waals surface area contributed by atoms with E-state index >= 15 is 0 Å². The van der Waals surface area contributed by atoms with Crippen LogP contribution in [0.5, 0.6) is 0 Å². The molecule has 0 aliphatic heterocycles. The highest BCUT2D eigenvalue weighted by Gasteiger charge is 2.05. The Morgan fingerprint density at radius 3 is 2.61 bits per heavy atom. The van der Waals surface area contributed by atoms with Gasteiger partial charge in [0.2, 0.25) is 0 Å². The standard InChI is InChI=1S/C14H14N2O2/c1-2-18-14(17)11-5-7-12(8-6-11)16-13-4-3-9-15-10-13/h3-10,16H,2H2,1H3. The molecule has 92 valence electrons. The predicted molar refractivity (Wildman–Crippen MR) is 69.9 cm³/mol. The van der Waals surface area contributed by atoms with Gasteiger partial charge in [0.15, 0.2) is 0 Å². The summed E-state index contributed by atoms with van der Waals surface area (Å²) in [7, 11) is 0. The maximum absolute atomic E-state index is 11.5. The molecule has 1 aromatic carbocycles. The molecule has 1 N–H and O–H groups in total. The number of aromatic nitrogens is 1. The number of benzene rings is 1. The van der Waals surface area contributed by atoms with Gasteiger partial charge in [-0.3, -0.25) is 4.98 Å². The van der Waals surface area contributed by atoms with E-state index in [1.54, 1.807) is 31.5 Å². The fourth-order valence-corrected chi connectivity index (χ4v) is 1.51. The number of ether oxygens (including phenoxy) is 1. The van der Waals surface area contributed by atoms with E-state index in [0.29, 0.717) is 12.2 Å². The number of nitrogens with zero attached hydrogens (tertiary/aromatic N) is 1. The molecule has 4 nitrogen and oxygen atoms in total. The minimum absolute atomic E-state index is 0.301. The lowest BCUT2D eigenvalue weighted by Crippen LogP contribution is -2.04. The van der Waals surface area contributed by atoms with Crippen molar-refractivity contribution in [3.63, 3.8) is 0 Å². The molecule has 1 aromatic heterocycles. The van der Waals surface area contributed by atoms with Crippen molar-refractivity contribution >= 4 is 17.3 Å². The number of hydrogen-bond acceptors (Lipinski definition) is 4. The Morgan fingerprint density at radius 2 is 2.00 bits per heavy atom. The largest absolute Gasteiger partial charge is 0.462 e. The highest BCUT2D eigenvalue weighted by atomic mass is 16.5. The second-order valence-electron chi connectivity index (χ2n) is 3.66. The molecule has 2 rings (SSSR count). The molecule has 1 heterocycles. The third-order valence-electron chi connectivity index (χ3n) is 2.35. The Bertz CT molecular complexity index is 509. The lowest BCUT2D eigenvalue weighted by Gasteiger charge is -2.06. The zero-order valence-corrected chi connectivity index (χ0v) is 10.1. The van der Waals surface area contributed by atoms with Crippen LogP contribution in [0.15, 0.2) is 48.8 Å². The molecule has 2 aromatic rings. The van der Waals surface area contributed by atoms with Gasteiger partial charge in [-0.15, -0.1) is 0 Å². The Morgan fingerprint density at radius 1 is 1.22 bits per heavy atom. The third kappa shape index (κ3) is 3.07. The van der Waals surface area contributed by atoms with Crippen LogP contribution in [0.25, 0.3) is 0 Å². The molecule has 0 saturated heterocycles. The topological polar surface area (TPSA) is 51.2 Å². The maximum atomic E-state index is 11.5. The molecule has 0 aliphatic rings. The van der Waals surface area contributed by atoms with Crippen molar-refractivity contribution in [3.8, 4) is 0 Å². The summed E-state index contributed by atoms with van der Waals surface area (Å²) in [6.07, 6.45) is 3.45. The van der Waals surface area contributed by atoms with E-state index in [1.807, 2.05) is 24.3 Å². The van der Waals surface area contributed by atoms with E-state index < -0.39 is 0 Å². The summed E-state index contributed by atoms with van der Waals surface area (Å²) in [6, 6.07) is 10.9. The van der Waals surface area contributed by atoms with Crippen LogP contribution in [0, 0.1) is 0 Å². The summed E-state index contributed by atoms with van der Waals surface area (Å²) in [5.41, 5.74) is 2.35. The molecular formula is C14H14N2O2. The maximum Gasteiger partial charge on any atom is 0.338 e. The van der Waals surface area contributed by atoms with Crippen molar-refractivity contribution in [1.29, 1.82) is 0 Å². The Hall–Kier alpha value is -2.36. The number of esters is 1. The van der Waals surface area contributed by atoms with Gasteiger partial charge in [0, 0.05) is 11.9 Å². The number of nitrogens with one attached hydrogen (secondary N) is 1. The van der Waals surface area contributed by atoms with Gasteiger partial charge in [-0.1, -0.05) is 0 Å². The average molecular weight is 242 g/mol. The number of anilines is 2. The molecule has 0 saturated carbocycles. The summed E-state index contributed by atoms with van der Waals surface area (Å²) < 4.78 is 4.92. The number of carbonyl (C=O) groups excluding carboxylic acids is 1. The zero-order valence-electron chi connectivity index (χ0n) is 10.1. The normalized spacial score (nSPS) is 9.83. The molecule has 0 bridgehead atoms. The van der Waals surface area contributed by atoms with Crippen molar-refractivity contribution in [2.75, 3.05) is 11.9 Å². The summed E-state index contributed by atoms with van der Waals surface area (Å²) in [5, 5.41) is 3.19. The number of hydrogen-bond donors (Lipinski definition) is 1. The fraction of sp³-hybridized carbons (Fsp3) is 0.143. The van der Waals surface area contributed by atoms with Crippen molar-refractivity contribution in [2.24, 2.45) is 0 Å². The molecule has 0 atom stereocenters. The third-order valence-corrected chi connectivity index (χ3v) is 2.35. The molecule has 0 fully saturated rings. The van der Waals surface area contributed by atoms with Gasteiger partial charge in [0.05, 0.1) is 24.1 Å². The summed E-state index contributed by atoms with van der Waals surface area (Å²) >= 11 is 0. The first-order valence-electron chi connectivity index (χ1n) is 5.74. The van der Waals surface area contributed by atoms with Gasteiger partial charge in [-0.2, -0.15) is 0 Å². The Labute approximate surface area is 106 Å². The lowest BCUT2D eigenvalue weighted by molar-refractivity contribution is 0.0526. The quantitative estimate of drug-likeness (QED) is 0.837. The highest BCUT2D eigenvalue weighted by molar-refractivity contribution is 5.89. The van der Waals surface area contributed by atoms with Gasteiger partial charge in [-0.25, -0.2) is 4.79 Å². The van der Waals surface area contributed by atoms with Crippen molar-refractivity contribution in [2.45, 2.75) is 6.92 Å². The average Bonchev–Trinajstić information content (AvgIpc) is 2.41. The monoisotopic (exact) mass is 242 g/mol. The van der Waals surface area contributed by atoms with Crippen LogP contribution in [0.3, 0.4) is 0 Å². The van der Waals surface area contributed by atoms with Crippen LogP contribution < -0.4 is 5.32 Å². The van der Waals surface area contributed by atoms with Crippen LogP contribution in [-0.2, 0) is 4.74 Å². The van der Waals surface area contributed by atoms with Crippen LogP contribution in [0.2, 0.25) is 0 Å². The molecule has 0 spiro atoms. The number of carbonyl (C=O) groups is 1. The first-order valence-corrected chi connectivity index (χ1v) is 5.74. The first kappa shape index (κ1) is 12.1. The fourth-order valence-electron chi connectivity index (χ4n) is 1.51. The summed E-state index contributed by atoms with van der Waals surface area (Å²) in [6.45, 7) is 2.17. The van der Waals surface area contributed by atoms with Crippen LogP contribution in [-0.4, -0.2) is 17.6 Å². The van der Waals surface area contributed by atoms with Crippen molar-refractivity contribution < 1.29 is 9.53 Å². The molecule has 4 heteroatoms. The second kappa shape index (κ2) is 5.82. The van der Waals surface area contributed by atoms with E-state index in [4.69, 9.17) is 4.74 Å². The molecule has 0 aliphatic carbocycles. The van der Waals surface area contributed by atoms with Gasteiger partial charge < -0.3 is 10.1 Å². The summed E-state index contributed by atoms with van der Waals surface area (Å²) in [5.74, 6) is -0.301. The van der Waals surface area contributed by atoms with E-state index in [0.717, 1.165) is 11.4 Å². The summed E-state index contributed by atoms with van der Waals surface area (Å²) in [4.78, 5) is 15.5. The van der Waals surface area contributed by atoms with Gasteiger partial charge in [0.1, 0.15) is 0 Å². The molecular weight excluding hydrogens is 228 g/mol. The van der Waals surface area contributed by atoms with E-state index in [2.05, 4.69) is 10.3 Å². The Kier molecular flexibility index (Phi) is 3.91. The van der Waals surface area contributed by atoms with Crippen LogP contribution in [0.1, 0.15) is 17.3 Å². The molecule has 0 amide bonds. The lowest BCUT2D eigenvalue weighted by atomic mass is 10.2. The van der Waals surface area contributed by atoms with Gasteiger partial charge in [-0.05, 0) is 43.3 Å². The van der Waals surface area contributed by atoms with Crippen molar-refractivity contribution in [1.82, 2.24) is 4.98 Å². The smallest absolute Gasteiger partial charge is 0.338 e. The van der Waals surface area contributed by atoms with E-state index in [1.165, 1.54) is 0 Å². The van der Waals surface area contributed by atoms with E-state index in [-0.39, 0.29) is 5.97 Å². The predicted octanol–water partition coefficient (Wildman–Crippen LogP) is 3.00. The first-order chi connectivity index (χ1) is 8.79. The molecule has 18 heavy (non-hydrogen) atoms. The van der Waals surface area contributed by atoms with Gasteiger partial charge in [0.25, 0.3) is 0 Å². The number of rotatable bonds is 4. The van der Waals surface area contributed by atoms with Gasteiger partial charge >= 0.3 is 5.97 Å². The van der Waals surface area contributed by atoms with Crippen molar-refractivity contribution in [3.05, 3.63) is 54.4 Å². The minimum Gasteiger partial charge on any atom is -0.462 e. The SMILES string of the molecule is CCOC(=O)c1ccc(Nc2cccnc2)cc1. The molecule has 0 radical (unpaired) electrons. The zero-order chi connectivity index (χ0) is 12.8. The number of pyridine rings is 1. The second-order valence-corrected chi connectivity index (χ2v) is 3.66. The highest BCUT2D eigenvalue weighted by Crippen LogP contribution is 2.16. The molecule has 0 unspecified atom stereocenters.